The highest BCUT2D eigenvalue weighted by molar-refractivity contribution is 5.97. The van der Waals surface area contributed by atoms with Crippen molar-refractivity contribution in [3.8, 4) is 0 Å². The van der Waals surface area contributed by atoms with Gasteiger partial charge in [-0.1, -0.05) is 19.3 Å². The number of nitrogens with zero attached hydrogens (tertiary/aromatic N) is 2. The van der Waals surface area contributed by atoms with E-state index < -0.39 is 5.60 Å². The monoisotopic (exact) mass is 385 g/mol. The number of hydrogen-bond donors (Lipinski definition) is 2. The van der Waals surface area contributed by atoms with Crippen molar-refractivity contribution in [3.05, 3.63) is 34.2 Å². The zero-order chi connectivity index (χ0) is 19.9. The minimum absolute atomic E-state index is 0.0721. The number of imidazole rings is 1. The molecule has 1 amide bonds. The zero-order valence-corrected chi connectivity index (χ0v) is 16.9. The lowest BCUT2D eigenvalue weighted by molar-refractivity contribution is 0.0694. The van der Waals surface area contributed by atoms with E-state index in [1.165, 1.54) is 32.1 Å². The first-order chi connectivity index (χ1) is 13.3. The van der Waals surface area contributed by atoms with Crippen LogP contribution in [-0.2, 0) is 6.54 Å². The third kappa shape index (κ3) is 4.02. The van der Waals surface area contributed by atoms with Crippen molar-refractivity contribution < 1.29 is 9.90 Å². The van der Waals surface area contributed by atoms with Crippen molar-refractivity contribution in [2.45, 2.75) is 77.0 Å². The van der Waals surface area contributed by atoms with Crippen LogP contribution >= 0.6 is 0 Å². The van der Waals surface area contributed by atoms with Gasteiger partial charge in [-0.2, -0.15) is 0 Å². The molecule has 0 aliphatic heterocycles. The Balaban J connectivity index is 1.72. The van der Waals surface area contributed by atoms with Crippen LogP contribution in [0.4, 0.5) is 0 Å². The van der Waals surface area contributed by atoms with Crippen LogP contribution in [0.15, 0.2) is 23.0 Å². The summed E-state index contributed by atoms with van der Waals surface area (Å²) >= 11 is 0. The van der Waals surface area contributed by atoms with E-state index in [0.717, 1.165) is 30.4 Å². The van der Waals surface area contributed by atoms with Crippen LogP contribution < -0.4 is 11.0 Å². The molecule has 1 heterocycles. The van der Waals surface area contributed by atoms with Crippen molar-refractivity contribution in [2.24, 2.45) is 5.92 Å². The topological polar surface area (TPSA) is 76.3 Å². The van der Waals surface area contributed by atoms with Gasteiger partial charge in [-0.05, 0) is 63.6 Å². The molecule has 0 radical (unpaired) electrons. The quantitative estimate of drug-likeness (QED) is 0.802. The summed E-state index contributed by atoms with van der Waals surface area (Å²) in [6.45, 7) is 4.24. The molecule has 152 valence electrons. The van der Waals surface area contributed by atoms with E-state index in [4.69, 9.17) is 0 Å². The van der Waals surface area contributed by atoms with Gasteiger partial charge >= 0.3 is 5.69 Å². The number of benzene rings is 1. The number of amides is 1. The molecule has 2 aliphatic rings. The summed E-state index contributed by atoms with van der Waals surface area (Å²) in [4.78, 5) is 25.8. The molecule has 0 atom stereocenters. The van der Waals surface area contributed by atoms with Crippen LogP contribution in [0.1, 0.15) is 75.2 Å². The van der Waals surface area contributed by atoms with Gasteiger partial charge in [-0.3, -0.25) is 13.9 Å². The summed E-state index contributed by atoms with van der Waals surface area (Å²) in [7, 11) is 0. The molecule has 0 saturated heterocycles. The van der Waals surface area contributed by atoms with E-state index in [2.05, 4.69) is 5.32 Å². The molecule has 0 bridgehead atoms. The Labute approximate surface area is 165 Å². The number of aromatic nitrogens is 2. The Morgan fingerprint density at radius 1 is 1.14 bits per heavy atom. The van der Waals surface area contributed by atoms with E-state index in [1.807, 2.05) is 21.3 Å². The summed E-state index contributed by atoms with van der Waals surface area (Å²) in [5, 5.41) is 12.6. The molecule has 6 nitrogen and oxygen atoms in total. The lowest BCUT2D eigenvalue weighted by Crippen LogP contribution is -2.38. The highest BCUT2D eigenvalue weighted by Crippen LogP contribution is 2.33. The first kappa shape index (κ1) is 19.2. The van der Waals surface area contributed by atoms with Crippen LogP contribution in [0, 0.1) is 5.92 Å². The molecule has 6 heteroatoms. The molecule has 28 heavy (non-hydrogen) atoms. The fourth-order valence-corrected chi connectivity index (χ4v) is 4.25. The van der Waals surface area contributed by atoms with Gasteiger partial charge in [0.15, 0.2) is 0 Å². The maximum absolute atomic E-state index is 13.3. The number of hydrogen-bond acceptors (Lipinski definition) is 3. The average molecular weight is 386 g/mol. The number of carbonyl (C=O) groups excluding carboxylic acids is 1. The summed E-state index contributed by atoms with van der Waals surface area (Å²) < 4.78 is 3.86. The van der Waals surface area contributed by atoms with E-state index in [-0.39, 0.29) is 24.2 Å². The third-order valence-corrected chi connectivity index (χ3v) is 5.98. The second-order valence-corrected chi connectivity index (χ2v) is 9.20. The minimum Gasteiger partial charge on any atom is -0.389 e. The molecule has 0 unspecified atom stereocenters. The van der Waals surface area contributed by atoms with Gasteiger partial charge in [-0.15, -0.1) is 0 Å². The maximum atomic E-state index is 13.3. The van der Waals surface area contributed by atoms with Gasteiger partial charge in [-0.25, -0.2) is 4.79 Å². The van der Waals surface area contributed by atoms with Crippen molar-refractivity contribution in [1.29, 1.82) is 0 Å². The SMILES string of the molecule is CC(C)(O)CNC(=O)c1ccc2c(c1)n(CC1CC1)c(=O)n2C1CCCCC1. The van der Waals surface area contributed by atoms with Gasteiger partial charge in [0.2, 0.25) is 0 Å². The van der Waals surface area contributed by atoms with E-state index >= 15 is 0 Å². The van der Waals surface area contributed by atoms with E-state index in [9.17, 15) is 14.7 Å². The highest BCUT2D eigenvalue weighted by atomic mass is 16.3. The Kier molecular flexibility index (Phi) is 5.08. The molecule has 1 aromatic heterocycles. The Morgan fingerprint density at radius 3 is 2.50 bits per heavy atom. The summed E-state index contributed by atoms with van der Waals surface area (Å²) in [6, 6.07) is 5.83. The number of rotatable bonds is 6. The predicted octanol–water partition coefficient (Wildman–Crippen LogP) is 3.22. The molecule has 0 spiro atoms. The Bertz CT molecular complexity index is 925. The molecule has 2 saturated carbocycles. The molecular weight excluding hydrogens is 354 g/mol. The molecule has 2 N–H and O–H groups in total. The molecular formula is C22H31N3O3. The van der Waals surface area contributed by atoms with Gasteiger partial charge in [0.05, 0.1) is 16.6 Å². The second kappa shape index (κ2) is 7.39. The first-order valence-electron chi connectivity index (χ1n) is 10.6. The molecule has 2 aromatic rings. The fourth-order valence-electron chi connectivity index (χ4n) is 4.25. The highest BCUT2D eigenvalue weighted by Gasteiger charge is 2.27. The normalized spacial score (nSPS) is 18.5. The fraction of sp³-hybridized carbons (Fsp3) is 0.636. The summed E-state index contributed by atoms with van der Waals surface area (Å²) in [5.41, 5.74) is 1.44. The molecule has 2 fully saturated rings. The van der Waals surface area contributed by atoms with Gasteiger partial charge in [0, 0.05) is 24.7 Å². The van der Waals surface area contributed by atoms with Crippen LogP contribution in [0.3, 0.4) is 0 Å². The lowest BCUT2D eigenvalue weighted by Gasteiger charge is -2.23. The van der Waals surface area contributed by atoms with Crippen LogP contribution in [-0.4, -0.2) is 32.3 Å². The average Bonchev–Trinajstić information content (AvgIpc) is 3.44. The standard InChI is InChI=1S/C22H31N3O3/c1-22(2,28)14-23-20(26)16-10-11-18-19(12-16)24(13-15-8-9-15)21(27)25(18)17-6-4-3-5-7-17/h10-12,15,17,28H,3-9,13-14H2,1-2H3,(H,23,26). The van der Waals surface area contributed by atoms with Crippen LogP contribution in [0.2, 0.25) is 0 Å². The molecule has 1 aromatic carbocycles. The summed E-state index contributed by atoms with van der Waals surface area (Å²) in [6.07, 6.45) is 8.04. The van der Waals surface area contributed by atoms with E-state index in [1.54, 1.807) is 19.9 Å². The predicted molar refractivity (Wildman–Crippen MR) is 110 cm³/mol. The lowest BCUT2D eigenvalue weighted by atomic mass is 9.95. The van der Waals surface area contributed by atoms with Crippen molar-refractivity contribution >= 4 is 16.9 Å². The number of carbonyl (C=O) groups is 1. The van der Waals surface area contributed by atoms with Crippen molar-refractivity contribution in [2.75, 3.05) is 6.54 Å². The number of aliphatic hydroxyl groups is 1. The zero-order valence-electron chi connectivity index (χ0n) is 16.9. The molecule has 2 aliphatic carbocycles. The van der Waals surface area contributed by atoms with Gasteiger partial charge < -0.3 is 10.4 Å². The largest absolute Gasteiger partial charge is 0.389 e. The number of nitrogens with one attached hydrogen (secondary N) is 1. The minimum atomic E-state index is -0.960. The number of fused-ring (bicyclic) bond motifs is 1. The smallest absolute Gasteiger partial charge is 0.329 e. The van der Waals surface area contributed by atoms with Gasteiger partial charge in [0.1, 0.15) is 0 Å². The maximum Gasteiger partial charge on any atom is 0.329 e. The van der Waals surface area contributed by atoms with Crippen molar-refractivity contribution in [1.82, 2.24) is 14.5 Å². The molecule has 4 rings (SSSR count). The summed E-state index contributed by atoms with van der Waals surface area (Å²) in [5.74, 6) is 0.357. The Morgan fingerprint density at radius 2 is 1.86 bits per heavy atom. The van der Waals surface area contributed by atoms with Crippen molar-refractivity contribution in [3.63, 3.8) is 0 Å². The van der Waals surface area contributed by atoms with E-state index in [0.29, 0.717) is 11.5 Å². The third-order valence-electron chi connectivity index (χ3n) is 5.98. The second-order valence-electron chi connectivity index (χ2n) is 9.20. The first-order valence-corrected chi connectivity index (χ1v) is 10.6. The van der Waals surface area contributed by atoms with Gasteiger partial charge in [0.25, 0.3) is 5.91 Å². The van der Waals surface area contributed by atoms with Crippen LogP contribution in [0.25, 0.3) is 11.0 Å². The van der Waals surface area contributed by atoms with Crippen LogP contribution in [0.5, 0.6) is 0 Å². The Hall–Kier alpha value is -2.08.